The number of pyridine rings is 1. The number of rotatable bonds is 5. The van der Waals surface area contributed by atoms with Crippen LogP contribution >= 0.6 is 11.6 Å². The van der Waals surface area contributed by atoms with Crippen molar-refractivity contribution < 1.29 is 4.79 Å². The van der Waals surface area contributed by atoms with E-state index >= 15 is 0 Å². The maximum absolute atomic E-state index is 12.1. The van der Waals surface area contributed by atoms with E-state index in [0.29, 0.717) is 47.1 Å². The van der Waals surface area contributed by atoms with Crippen molar-refractivity contribution >= 4 is 34.9 Å². The van der Waals surface area contributed by atoms with Gasteiger partial charge in [0, 0.05) is 18.3 Å². The summed E-state index contributed by atoms with van der Waals surface area (Å²) in [7, 11) is 0. The van der Waals surface area contributed by atoms with E-state index < -0.39 is 0 Å². The molecule has 0 unspecified atom stereocenters. The van der Waals surface area contributed by atoms with Gasteiger partial charge in [-0.1, -0.05) is 53.8 Å². The molecule has 1 aromatic carbocycles. The van der Waals surface area contributed by atoms with Crippen LogP contribution in [0.25, 0.3) is 22.4 Å². The highest BCUT2D eigenvalue weighted by atomic mass is 35.5. The molecular formula is C25H23ClN6O. The molecule has 1 amide bonds. The van der Waals surface area contributed by atoms with Crippen molar-refractivity contribution in [3.8, 4) is 11.3 Å². The lowest BCUT2D eigenvalue weighted by Gasteiger charge is -2.08. The number of aliphatic imine (C=N–C) groups is 1. The zero-order valence-electron chi connectivity index (χ0n) is 18.2. The number of allylic oxidation sites excluding steroid dienone is 6. The van der Waals surface area contributed by atoms with Crippen molar-refractivity contribution in [3.63, 3.8) is 0 Å². The van der Waals surface area contributed by atoms with Gasteiger partial charge in [-0.15, -0.1) is 5.10 Å². The molecule has 4 rings (SSSR count). The molecule has 0 radical (unpaired) electrons. The van der Waals surface area contributed by atoms with Gasteiger partial charge in [0.25, 0.3) is 5.91 Å². The maximum Gasteiger partial charge on any atom is 0.252 e. The first-order valence-electron chi connectivity index (χ1n) is 10.6. The third-order valence-electron chi connectivity index (χ3n) is 4.95. The maximum atomic E-state index is 12.1. The normalized spacial score (nSPS) is 18.4. The van der Waals surface area contributed by atoms with Crippen molar-refractivity contribution in [2.24, 2.45) is 4.99 Å². The zero-order chi connectivity index (χ0) is 23.2. The van der Waals surface area contributed by atoms with Crippen LogP contribution in [0.2, 0.25) is 5.02 Å². The van der Waals surface area contributed by atoms with Gasteiger partial charge in [-0.25, -0.2) is 9.67 Å². The molecule has 0 saturated carbocycles. The summed E-state index contributed by atoms with van der Waals surface area (Å²) in [5.41, 5.74) is 5.17. The van der Waals surface area contributed by atoms with E-state index in [2.05, 4.69) is 27.2 Å². The third kappa shape index (κ3) is 5.32. The molecular weight excluding hydrogens is 436 g/mol. The first-order valence-corrected chi connectivity index (χ1v) is 10.9. The summed E-state index contributed by atoms with van der Waals surface area (Å²) in [5, 5.41) is 11.7. The zero-order valence-corrected chi connectivity index (χ0v) is 19.0. The summed E-state index contributed by atoms with van der Waals surface area (Å²) >= 11 is 6.38. The average Bonchev–Trinajstić information content (AvgIpc) is 3.20. The van der Waals surface area contributed by atoms with Gasteiger partial charge in [-0.3, -0.25) is 9.79 Å². The van der Waals surface area contributed by atoms with Crippen molar-refractivity contribution in [2.45, 2.75) is 13.5 Å². The van der Waals surface area contributed by atoms with Crippen LogP contribution in [0.3, 0.4) is 0 Å². The minimum atomic E-state index is -0.200. The van der Waals surface area contributed by atoms with Crippen molar-refractivity contribution in [3.05, 3.63) is 89.0 Å². The van der Waals surface area contributed by atoms with Crippen molar-refractivity contribution in [2.75, 3.05) is 13.1 Å². The first-order chi connectivity index (χ1) is 16.0. The second-order valence-electron chi connectivity index (χ2n) is 7.41. The van der Waals surface area contributed by atoms with Crippen molar-refractivity contribution in [1.82, 2.24) is 25.3 Å². The van der Waals surface area contributed by atoms with Gasteiger partial charge in [0.15, 0.2) is 5.65 Å². The number of carbonyl (C=O) groups excluding carboxylic acids is 1. The Balaban J connectivity index is 1.65. The van der Waals surface area contributed by atoms with Crippen LogP contribution in [-0.2, 0) is 6.54 Å². The van der Waals surface area contributed by atoms with Gasteiger partial charge in [0.05, 0.1) is 29.4 Å². The van der Waals surface area contributed by atoms with Crippen LogP contribution in [0.15, 0.2) is 83.4 Å². The standard InChI is InChI=1S/C25H23ClN6O/c1-3-28-25(33)20-9-8-19(15-21(20)26)22-10-11-23-24(29-22)32(31-30-23)16-18-7-5-13-27-12-4-6-17(2)14-18/h4-12,14-15H,2-3,13,16H2,1H3,(H,28,33)/b6-4-,7-5-,18-14+,27-12-. The molecule has 0 fully saturated rings. The number of benzene rings is 1. The Bertz CT molecular complexity index is 1330. The number of halogens is 1. The summed E-state index contributed by atoms with van der Waals surface area (Å²) in [6.45, 7) is 7.54. The number of nitrogens with one attached hydrogen (secondary N) is 1. The fourth-order valence-corrected chi connectivity index (χ4v) is 3.66. The number of hydrogen-bond acceptors (Lipinski definition) is 5. The highest BCUT2D eigenvalue weighted by Crippen LogP contribution is 2.26. The van der Waals surface area contributed by atoms with Gasteiger partial charge in [-0.05, 0) is 48.4 Å². The Hall–Kier alpha value is -3.84. The Kier molecular flexibility index (Phi) is 6.90. The summed E-state index contributed by atoms with van der Waals surface area (Å²) < 4.78 is 1.76. The lowest BCUT2D eigenvalue weighted by Crippen LogP contribution is -2.22. The summed E-state index contributed by atoms with van der Waals surface area (Å²) in [5.74, 6) is -0.200. The number of aromatic nitrogens is 4. The molecule has 0 saturated heterocycles. The molecule has 1 N–H and O–H groups in total. The van der Waals surface area contributed by atoms with E-state index in [1.807, 2.05) is 55.5 Å². The third-order valence-corrected chi connectivity index (χ3v) is 5.27. The van der Waals surface area contributed by atoms with Crippen LogP contribution < -0.4 is 5.32 Å². The van der Waals surface area contributed by atoms with Gasteiger partial charge >= 0.3 is 0 Å². The fourth-order valence-electron chi connectivity index (χ4n) is 3.39. The predicted octanol–water partition coefficient (Wildman–Crippen LogP) is 4.58. The molecule has 1 aliphatic heterocycles. The minimum absolute atomic E-state index is 0.200. The Morgan fingerprint density at radius 3 is 2.94 bits per heavy atom. The van der Waals surface area contributed by atoms with E-state index in [9.17, 15) is 4.79 Å². The van der Waals surface area contributed by atoms with E-state index in [4.69, 9.17) is 16.6 Å². The second-order valence-corrected chi connectivity index (χ2v) is 7.82. The molecule has 166 valence electrons. The number of hydrogen-bond donors (Lipinski definition) is 1. The molecule has 0 spiro atoms. The van der Waals surface area contributed by atoms with Gasteiger partial charge in [0.1, 0.15) is 5.52 Å². The summed E-state index contributed by atoms with van der Waals surface area (Å²) in [4.78, 5) is 21.2. The smallest absolute Gasteiger partial charge is 0.252 e. The molecule has 0 bridgehead atoms. The molecule has 7 nitrogen and oxygen atoms in total. The van der Waals surface area contributed by atoms with Crippen LogP contribution in [0.5, 0.6) is 0 Å². The molecule has 3 aromatic rings. The van der Waals surface area contributed by atoms with E-state index in [1.165, 1.54) is 0 Å². The number of fused-ring (bicyclic) bond motifs is 1. The first kappa shape index (κ1) is 22.4. The van der Waals surface area contributed by atoms with Crippen LogP contribution in [0.4, 0.5) is 0 Å². The largest absolute Gasteiger partial charge is 0.352 e. The van der Waals surface area contributed by atoms with E-state index in [1.54, 1.807) is 23.0 Å². The summed E-state index contributed by atoms with van der Waals surface area (Å²) in [6, 6.07) is 9.04. The highest BCUT2D eigenvalue weighted by molar-refractivity contribution is 6.34. The van der Waals surface area contributed by atoms with Crippen LogP contribution in [0, 0.1) is 0 Å². The van der Waals surface area contributed by atoms with Gasteiger partial charge < -0.3 is 5.32 Å². The Labute approximate surface area is 196 Å². The van der Waals surface area contributed by atoms with Gasteiger partial charge in [-0.2, -0.15) is 0 Å². The lowest BCUT2D eigenvalue weighted by atomic mass is 10.1. The predicted molar refractivity (Wildman–Crippen MR) is 133 cm³/mol. The fraction of sp³-hybridized carbons (Fsp3) is 0.160. The van der Waals surface area contributed by atoms with Gasteiger partial charge in [0.2, 0.25) is 0 Å². The number of amides is 1. The van der Waals surface area contributed by atoms with E-state index in [0.717, 1.165) is 16.7 Å². The monoisotopic (exact) mass is 458 g/mol. The SMILES string of the molecule is C=C1/C=C\C=N/C/C=C\C(Cn2nnc3ccc(-c4ccc(C(=O)NCC)c(Cl)c4)nc32)=C/1. The molecule has 1 aliphatic rings. The number of carbonyl (C=O) groups is 1. The molecule has 33 heavy (non-hydrogen) atoms. The Morgan fingerprint density at radius 1 is 1.24 bits per heavy atom. The molecule has 3 heterocycles. The lowest BCUT2D eigenvalue weighted by molar-refractivity contribution is 0.0956. The molecule has 0 aliphatic carbocycles. The highest BCUT2D eigenvalue weighted by Gasteiger charge is 2.13. The van der Waals surface area contributed by atoms with Crippen LogP contribution in [-0.4, -0.2) is 45.2 Å². The average molecular weight is 459 g/mol. The molecule has 2 aromatic heterocycles. The van der Waals surface area contributed by atoms with E-state index in [-0.39, 0.29) is 5.91 Å². The molecule has 0 atom stereocenters. The molecule has 8 heteroatoms. The second kappa shape index (κ2) is 10.2. The summed E-state index contributed by atoms with van der Waals surface area (Å²) in [6.07, 6.45) is 11.6. The number of nitrogens with zero attached hydrogens (tertiary/aromatic N) is 5. The minimum Gasteiger partial charge on any atom is -0.352 e. The quantitative estimate of drug-likeness (QED) is 0.606. The topological polar surface area (TPSA) is 85.1 Å². The van der Waals surface area contributed by atoms with Crippen molar-refractivity contribution in [1.29, 1.82) is 0 Å². The Morgan fingerprint density at radius 2 is 2.12 bits per heavy atom. The van der Waals surface area contributed by atoms with Crippen LogP contribution in [0.1, 0.15) is 17.3 Å².